The van der Waals surface area contributed by atoms with Crippen molar-refractivity contribution in [2.24, 2.45) is 0 Å². The molecule has 1 aromatic carbocycles. The quantitative estimate of drug-likeness (QED) is 0.764. The third kappa shape index (κ3) is 6.03. The van der Waals surface area contributed by atoms with Gasteiger partial charge in [-0.05, 0) is 32.4 Å². The Labute approximate surface area is 106 Å². The fourth-order valence-electron chi connectivity index (χ4n) is 1.18. The number of hydrogen-bond acceptors (Lipinski definition) is 3. The summed E-state index contributed by atoms with van der Waals surface area (Å²) in [5.41, 5.74) is 0.0688. The molecule has 18 heavy (non-hydrogen) atoms. The van der Waals surface area contributed by atoms with E-state index in [-0.39, 0.29) is 0 Å². The molecule has 4 heteroatoms. The molecule has 0 atom stereocenters. The van der Waals surface area contributed by atoms with Crippen molar-refractivity contribution in [1.29, 1.82) is 0 Å². The molecule has 98 valence electrons. The van der Waals surface area contributed by atoms with E-state index in [4.69, 9.17) is 4.74 Å². The summed E-state index contributed by atoms with van der Waals surface area (Å²) in [6, 6.07) is 8.95. The summed E-state index contributed by atoms with van der Waals surface area (Å²) in [7, 11) is 0. The first-order valence-electron chi connectivity index (χ1n) is 5.64. The van der Waals surface area contributed by atoms with Crippen LogP contribution in [0.5, 0.6) is 0 Å². The van der Waals surface area contributed by atoms with Crippen molar-refractivity contribution >= 4 is 12.2 Å². The molecule has 0 aromatic heterocycles. The van der Waals surface area contributed by atoms with Crippen molar-refractivity contribution in [3.05, 3.63) is 41.7 Å². The SMILES string of the molecule is CC(C)(C)OC(=O)OC/C(F)=C/c1ccccc1. The van der Waals surface area contributed by atoms with Crippen molar-refractivity contribution in [2.75, 3.05) is 6.61 Å². The summed E-state index contributed by atoms with van der Waals surface area (Å²) in [6.45, 7) is 4.71. The number of rotatable bonds is 3. The van der Waals surface area contributed by atoms with Crippen LogP contribution in [0.15, 0.2) is 36.2 Å². The molecule has 0 aliphatic heterocycles. The van der Waals surface area contributed by atoms with Gasteiger partial charge in [0.2, 0.25) is 0 Å². The highest BCUT2D eigenvalue weighted by atomic mass is 19.1. The first-order valence-corrected chi connectivity index (χ1v) is 5.64. The van der Waals surface area contributed by atoms with Crippen LogP contribution in [0, 0.1) is 0 Å². The van der Waals surface area contributed by atoms with E-state index in [9.17, 15) is 9.18 Å². The molecule has 3 nitrogen and oxygen atoms in total. The zero-order valence-corrected chi connectivity index (χ0v) is 10.8. The minimum absolute atomic E-state index is 0.427. The highest BCUT2D eigenvalue weighted by Crippen LogP contribution is 2.11. The summed E-state index contributed by atoms with van der Waals surface area (Å²) in [5.74, 6) is -0.535. The first-order chi connectivity index (χ1) is 8.37. The van der Waals surface area contributed by atoms with Crippen LogP contribution < -0.4 is 0 Å². The summed E-state index contributed by atoms with van der Waals surface area (Å²) >= 11 is 0. The lowest BCUT2D eigenvalue weighted by Crippen LogP contribution is -2.24. The maximum absolute atomic E-state index is 13.4. The van der Waals surface area contributed by atoms with Gasteiger partial charge in [-0.1, -0.05) is 30.3 Å². The van der Waals surface area contributed by atoms with Gasteiger partial charge in [-0.2, -0.15) is 0 Å². The summed E-state index contributed by atoms with van der Waals surface area (Å²) in [6.07, 6.45) is 0.434. The Kier molecular flexibility index (Phi) is 4.89. The van der Waals surface area contributed by atoms with Crippen LogP contribution >= 0.6 is 0 Å². The van der Waals surface area contributed by atoms with E-state index < -0.39 is 24.2 Å². The van der Waals surface area contributed by atoms with E-state index in [1.54, 1.807) is 45.0 Å². The second kappa shape index (κ2) is 6.19. The molecule has 0 heterocycles. The Hall–Kier alpha value is -1.84. The summed E-state index contributed by atoms with van der Waals surface area (Å²) in [5, 5.41) is 0. The molecule has 0 fully saturated rings. The fourth-order valence-corrected chi connectivity index (χ4v) is 1.18. The van der Waals surface area contributed by atoms with Gasteiger partial charge in [-0.3, -0.25) is 0 Å². The van der Waals surface area contributed by atoms with Gasteiger partial charge in [0.05, 0.1) is 0 Å². The van der Waals surface area contributed by atoms with E-state index in [0.717, 1.165) is 0 Å². The van der Waals surface area contributed by atoms with Crippen molar-refractivity contribution in [2.45, 2.75) is 26.4 Å². The average Bonchev–Trinajstić information content (AvgIpc) is 2.25. The molecule has 0 aliphatic carbocycles. The lowest BCUT2D eigenvalue weighted by Gasteiger charge is -2.18. The molecule has 1 aromatic rings. The second-order valence-electron chi connectivity index (χ2n) is 4.75. The lowest BCUT2D eigenvalue weighted by atomic mass is 10.2. The van der Waals surface area contributed by atoms with Crippen molar-refractivity contribution in [3.63, 3.8) is 0 Å². The molecule has 0 bridgehead atoms. The van der Waals surface area contributed by atoms with Gasteiger partial charge in [0.15, 0.2) is 0 Å². The monoisotopic (exact) mass is 252 g/mol. The van der Waals surface area contributed by atoms with E-state index in [1.165, 1.54) is 6.08 Å². The van der Waals surface area contributed by atoms with Gasteiger partial charge in [0.25, 0.3) is 0 Å². The fraction of sp³-hybridized carbons (Fsp3) is 0.357. The van der Waals surface area contributed by atoms with Crippen molar-refractivity contribution in [3.8, 4) is 0 Å². The van der Waals surface area contributed by atoms with Gasteiger partial charge >= 0.3 is 6.16 Å². The van der Waals surface area contributed by atoms with Crippen LogP contribution in [-0.2, 0) is 9.47 Å². The minimum Gasteiger partial charge on any atom is -0.429 e. The summed E-state index contributed by atoms with van der Waals surface area (Å²) < 4.78 is 22.9. The Morgan fingerprint density at radius 1 is 1.28 bits per heavy atom. The maximum Gasteiger partial charge on any atom is 0.509 e. The highest BCUT2D eigenvalue weighted by Gasteiger charge is 2.17. The first kappa shape index (κ1) is 14.2. The maximum atomic E-state index is 13.4. The number of hydrogen-bond donors (Lipinski definition) is 0. The molecular formula is C14H17FO3. The predicted octanol–water partition coefficient (Wildman–Crippen LogP) is 3.95. The normalized spacial score (nSPS) is 12.1. The Bertz CT molecular complexity index is 418. The van der Waals surface area contributed by atoms with Crippen molar-refractivity contribution < 1.29 is 18.7 Å². The van der Waals surface area contributed by atoms with E-state index in [2.05, 4.69) is 4.74 Å². The molecule has 0 spiro atoms. The van der Waals surface area contributed by atoms with E-state index in [1.807, 2.05) is 6.07 Å². The summed E-state index contributed by atoms with van der Waals surface area (Å²) in [4.78, 5) is 11.2. The number of ether oxygens (including phenoxy) is 2. The zero-order valence-electron chi connectivity index (χ0n) is 10.8. The number of carbonyl (C=O) groups is 1. The van der Waals surface area contributed by atoms with Crippen LogP contribution in [0.2, 0.25) is 0 Å². The molecule has 0 N–H and O–H groups in total. The van der Waals surface area contributed by atoms with E-state index in [0.29, 0.717) is 5.56 Å². The van der Waals surface area contributed by atoms with Gasteiger partial charge in [-0.15, -0.1) is 0 Å². The van der Waals surface area contributed by atoms with Gasteiger partial charge in [0, 0.05) is 0 Å². The van der Waals surface area contributed by atoms with Crippen LogP contribution in [0.4, 0.5) is 9.18 Å². The average molecular weight is 252 g/mol. The Morgan fingerprint density at radius 2 is 1.89 bits per heavy atom. The molecule has 0 amide bonds. The Morgan fingerprint density at radius 3 is 2.44 bits per heavy atom. The number of halogens is 1. The Balaban J connectivity index is 2.44. The molecule has 0 saturated heterocycles. The van der Waals surface area contributed by atoms with Crippen molar-refractivity contribution in [1.82, 2.24) is 0 Å². The van der Waals surface area contributed by atoms with E-state index >= 15 is 0 Å². The third-order valence-electron chi connectivity index (χ3n) is 1.84. The van der Waals surface area contributed by atoms with Crippen LogP contribution in [-0.4, -0.2) is 18.4 Å². The standard InChI is InChI=1S/C14H17FO3/c1-14(2,3)18-13(16)17-10-12(15)9-11-7-5-4-6-8-11/h4-9H,10H2,1-3H3/b12-9-. The van der Waals surface area contributed by atoms with Gasteiger partial charge < -0.3 is 9.47 Å². The molecular weight excluding hydrogens is 235 g/mol. The molecule has 0 unspecified atom stereocenters. The van der Waals surface area contributed by atoms with Gasteiger partial charge in [0.1, 0.15) is 18.0 Å². The highest BCUT2D eigenvalue weighted by molar-refractivity contribution is 5.61. The molecule has 0 aliphatic rings. The largest absolute Gasteiger partial charge is 0.509 e. The smallest absolute Gasteiger partial charge is 0.429 e. The van der Waals surface area contributed by atoms with Crippen LogP contribution in [0.1, 0.15) is 26.3 Å². The zero-order chi connectivity index (χ0) is 13.6. The van der Waals surface area contributed by atoms with Gasteiger partial charge in [-0.25, -0.2) is 9.18 Å². The lowest BCUT2D eigenvalue weighted by molar-refractivity contribution is -0.00509. The molecule has 0 saturated carbocycles. The third-order valence-corrected chi connectivity index (χ3v) is 1.84. The minimum atomic E-state index is -0.876. The van der Waals surface area contributed by atoms with Crippen LogP contribution in [0.3, 0.4) is 0 Å². The second-order valence-corrected chi connectivity index (χ2v) is 4.75. The number of benzene rings is 1. The number of carbonyl (C=O) groups excluding carboxylic acids is 1. The molecule has 0 radical (unpaired) electrons. The predicted molar refractivity (Wildman–Crippen MR) is 67.7 cm³/mol. The topological polar surface area (TPSA) is 35.5 Å². The van der Waals surface area contributed by atoms with Crippen LogP contribution in [0.25, 0.3) is 6.08 Å². The molecule has 1 rings (SSSR count).